The molecule has 0 saturated carbocycles. The summed E-state index contributed by atoms with van der Waals surface area (Å²) < 4.78 is 0. The molecule has 172 valence electrons. The minimum Gasteiger partial charge on any atom is -0.481 e. The van der Waals surface area contributed by atoms with Crippen LogP contribution in [-0.2, 0) is 9.59 Å². The van der Waals surface area contributed by atoms with Crippen molar-refractivity contribution >= 4 is 11.8 Å². The number of carbonyl (C=O) groups excluding carboxylic acids is 1. The summed E-state index contributed by atoms with van der Waals surface area (Å²) in [5.41, 5.74) is 0.993. The summed E-state index contributed by atoms with van der Waals surface area (Å²) in [5, 5.41) is 18.6. The number of aliphatic carboxylic acids is 1. The fraction of sp³-hybridized carbons (Fsp3) is 0.769. The lowest BCUT2D eigenvalue weighted by atomic mass is 9.66. The van der Waals surface area contributed by atoms with Crippen molar-refractivity contribution in [2.75, 3.05) is 0 Å². The van der Waals surface area contributed by atoms with Gasteiger partial charge in [-0.25, -0.2) is 0 Å². The van der Waals surface area contributed by atoms with Crippen LogP contribution < -0.4 is 0 Å². The Morgan fingerprint density at radius 1 is 1.20 bits per heavy atom. The summed E-state index contributed by atoms with van der Waals surface area (Å²) in [6.07, 6.45) is 14.3. The molecule has 30 heavy (non-hydrogen) atoms. The van der Waals surface area contributed by atoms with Crippen LogP contribution in [0.1, 0.15) is 92.9 Å². The number of carbonyl (C=O) groups is 2. The highest BCUT2D eigenvalue weighted by Gasteiger charge is 2.33. The lowest BCUT2D eigenvalue weighted by Gasteiger charge is -2.38. The number of carboxylic acid groups (broad SMARTS) is 1. The molecule has 2 N–H and O–H groups in total. The van der Waals surface area contributed by atoms with Gasteiger partial charge in [0.15, 0.2) is 0 Å². The molecule has 4 heteroatoms. The largest absolute Gasteiger partial charge is 0.481 e. The Bertz CT molecular complexity index is 617. The van der Waals surface area contributed by atoms with Gasteiger partial charge in [0.25, 0.3) is 0 Å². The molecule has 0 saturated heterocycles. The molecule has 0 aromatic rings. The molecule has 2 rings (SSSR count). The van der Waals surface area contributed by atoms with Crippen molar-refractivity contribution in [2.24, 2.45) is 29.1 Å². The number of allylic oxidation sites excluding steroid dienone is 4. The van der Waals surface area contributed by atoms with Crippen molar-refractivity contribution in [3.05, 3.63) is 23.8 Å². The highest BCUT2D eigenvalue weighted by molar-refractivity contribution is 5.75. The summed E-state index contributed by atoms with van der Waals surface area (Å²) in [6.45, 7) is 11.6. The maximum atomic E-state index is 11.0. The van der Waals surface area contributed by atoms with Crippen LogP contribution in [0.25, 0.3) is 0 Å². The van der Waals surface area contributed by atoms with Crippen LogP contribution in [0.3, 0.4) is 0 Å². The number of ketones is 1. The molecule has 2 aliphatic rings. The van der Waals surface area contributed by atoms with Crippen LogP contribution >= 0.6 is 0 Å². The van der Waals surface area contributed by atoms with E-state index < -0.39 is 11.4 Å². The maximum absolute atomic E-state index is 11.0. The summed E-state index contributed by atoms with van der Waals surface area (Å²) in [5.74, 6) is 2.19. The van der Waals surface area contributed by atoms with Crippen molar-refractivity contribution < 1.29 is 19.8 Å². The number of aliphatic hydroxyl groups is 1. The van der Waals surface area contributed by atoms with Gasteiger partial charge in [0.2, 0.25) is 0 Å². The van der Waals surface area contributed by atoms with E-state index in [2.05, 4.69) is 32.1 Å². The van der Waals surface area contributed by atoms with E-state index in [-0.39, 0.29) is 11.9 Å². The number of fused-ring (bicyclic) bond motifs is 1. The monoisotopic (exact) mass is 420 g/mol. The Morgan fingerprint density at radius 3 is 2.40 bits per heavy atom. The van der Waals surface area contributed by atoms with E-state index in [0.717, 1.165) is 25.7 Å². The first-order valence-electron chi connectivity index (χ1n) is 11.8. The average molecular weight is 421 g/mol. The van der Waals surface area contributed by atoms with Gasteiger partial charge in [-0.05, 0) is 95.0 Å². The maximum Gasteiger partial charge on any atom is 0.309 e. The molecule has 4 nitrogen and oxygen atoms in total. The molecule has 0 radical (unpaired) electrons. The second-order valence-electron chi connectivity index (χ2n) is 10.1. The summed E-state index contributed by atoms with van der Waals surface area (Å²) in [6, 6.07) is 0. The summed E-state index contributed by atoms with van der Waals surface area (Å²) in [7, 11) is 0. The minimum atomic E-state index is -0.722. The number of Topliss-reactive ketones (excluding diaryl/α,β-unsaturated/α-hetero) is 1. The third kappa shape index (κ3) is 8.75. The van der Waals surface area contributed by atoms with E-state index in [1.54, 1.807) is 20.8 Å². The standard InChI is InChI=1S/C20H32O2.C6H12O2/c1-14-7-11-20-17(13-14)9-8-15(2)19(20)12-10-18(22)6-4-5-16(3)21;1-4-6(2,3)5(7)8/h8-9,13-15,18-20,22H,4-7,10-12H2,1-3H3;4H2,1-3H3,(H,7,8)/t14-,15?,18?,19?,20?;/m1./s1. The number of rotatable bonds is 9. The average Bonchev–Trinajstić information content (AvgIpc) is 2.67. The first kappa shape index (κ1) is 26.6. The predicted molar refractivity (Wildman–Crippen MR) is 123 cm³/mol. The van der Waals surface area contributed by atoms with Crippen molar-refractivity contribution in [3.63, 3.8) is 0 Å². The zero-order valence-corrected chi connectivity index (χ0v) is 20.0. The molecule has 0 spiro atoms. The summed E-state index contributed by atoms with van der Waals surface area (Å²) >= 11 is 0. The zero-order valence-electron chi connectivity index (χ0n) is 20.0. The Kier molecular flexibility index (Phi) is 11.0. The van der Waals surface area contributed by atoms with Gasteiger partial charge in [-0.3, -0.25) is 4.79 Å². The third-order valence-electron chi connectivity index (χ3n) is 6.98. The van der Waals surface area contributed by atoms with Gasteiger partial charge in [0.05, 0.1) is 11.5 Å². The molecule has 0 aromatic heterocycles. The predicted octanol–water partition coefficient (Wildman–Crippen LogP) is 6.19. The van der Waals surface area contributed by atoms with Crippen molar-refractivity contribution in [3.8, 4) is 0 Å². The number of aliphatic hydroxyl groups excluding tert-OH is 1. The lowest BCUT2D eigenvalue weighted by Crippen LogP contribution is -2.29. The molecule has 0 bridgehead atoms. The number of carboxylic acids is 1. The number of hydrogen-bond acceptors (Lipinski definition) is 3. The van der Waals surface area contributed by atoms with Gasteiger partial charge in [0, 0.05) is 6.42 Å². The molecule has 0 heterocycles. The van der Waals surface area contributed by atoms with Gasteiger partial charge < -0.3 is 15.0 Å². The molecule has 0 aromatic carbocycles. The fourth-order valence-electron chi connectivity index (χ4n) is 4.29. The molecule has 2 aliphatic carbocycles. The van der Waals surface area contributed by atoms with E-state index in [9.17, 15) is 14.7 Å². The van der Waals surface area contributed by atoms with E-state index in [0.29, 0.717) is 36.5 Å². The van der Waals surface area contributed by atoms with Crippen molar-refractivity contribution in [2.45, 2.75) is 99.0 Å². The van der Waals surface area contributed by atoms with E-state index in [1.165, 1.54) is 18.4 Å². The van der Waals surface area contributed by atoms with Crippen molar-refractivity contribution in [1.82, 2.24) is 0 Å². The normalized spacial score (nSPS) is 26.7. The van der Waals surface area contributed by atoms with Crippen LogP contribution in [0.15, 0.2) is 23.8 Å². The Hall–Kier alpha value is -1.42. The SMILES string of the molecule is CC(=O)CCCC(O)CCC1C(C)C=CC2=C[C@H](C)CCC21.CCC(C)(C)C(=O)O. The molecule has 0 fully saturated rings. The minimum absolute atomic E-state index is 0.226. The second-order valence-corrected chi connectivity index (χ2v) is 10.1. The van der Waals surface area contributed by atoms with Gasteiger partial charge in [-0.2, -0.15) is 0 Å². The molecule has 0 amide bonds. The molecule has 4 unspecified atom stereocenters. The Balaban J connectivity index is 0.000000479. The zero-order chi connectivity index (χ0) is 22.9. The molecular weight excluding hydrogens is 376 g/mol. The number of hydrogen-bond donors (Lipinski definition) is 2. The molecular formula is C26H44O4. The van der Waals surface area contributed by atoms with E-state index >= 15 is 0 Å². The third-order valence-corrected chi connectivity index (χ3v) is 6.98. The van der Waals surface area contributed by atoms with Gasteiger partial charge in [0.1, 0.15) is 5.78 Å². The second kappa shape index (κ2) is 12.4. The van der Waals surface area contributed by atoms with Crippen LogP contribution in [0.2, 0.25) is 0 Å². The Labute approximate surface area is 183 Å². The van der Waals surface area contributed by atoms with Crippen LogP contribution in [-0.4, -0.2) is 28.1 Å². The summed E-state index contributed by atoms with van der Waals surface area (Å²) in [4.78, 5) is 21.2. The fourth-order valence-corrected chi connectivity index (χ4v) is 4.29. The van der Waals surface area contributed by atoms with Crippen LogP contribution in [0, 0.1) is 29.1 Å². The van der Waals surface area contributed by atoms with Crippen LogP contribution in [0.5, 0.6) is 0 Å². The smallest absolute Gasteiger partial charge is 0.309 e. The first-order valence-corrected chi connectivity index (χ1v) is 11.8. The molecule has 0 aliphatic heterocycles. The van der Waals surface area contributed by atoms with Gasteiger partial charge in [-0.15, -0.1) is 0 Å². The van der Waals surface area contributed by atoms with Crippen molar-refractivity contribution in [1.29, 1.82) is 0 Å². The Morgan fingerprint density at radius 2 is 1.87 bits per heavy atom. The molecule has 5 atom stereocenters. The van der Waals surface area contributed by atoms with Gasteiger partial charge >= 0.3 is 5.97 Å². The highest BCUT2D eigenvalue weighted by atomic mass is 16.4. The quantitative estimate of drug-likeness (QED) is 0.466. The topological polar surface area (TPSA) is 74.6 Å². The highest BCUT2D eigenvalue weighted by Crippen LogP contribution is 2.43. The van der Waals surface area contributed by atoms with E-state index in [4.69, 9.17) is 5.11 Å². The van der Waals surface area contributed by atoms with Crippen LogP contribution in [0.4, 0.5) is 0 Å². The first-order chi connectivity index (χ1) is 14.0. The van der Waals surface area contributed by atoms with E-state index in [1.807, 2.05) is 6.92 Å². The van der Waals surface area contributed by atoms with Gasteiger partial charge in [-0.1, -0.05) is 39.0 Å². The lowest BCUT2D eigenvalue weighted by molar-refractivity contribution is -0.147.